The molecule has 2 rings (SSSR count). The van der Waals surface area contributed by atoms with Crippen molar-refractivity contribution in [2.45, 2.75) is 24.3 Å². The SMILES string of the molecule is CC(=O)NC1CCN(S(=O)(=O)c2cc(N)cc(F)c2F)C1. The zero-order valence-corrected chi connectivity index (χ0v) is 12.1. The van der Waals surface area contributed by atoms with Crippen molar-refractivity contribution in [1.29, 1.82) is 0 Å². The molecule has 21 heavy (non-hydrogen) atoms. The summed E-state index contributed by atoms with van der Waals surface area (Å²) in [6, 6.07) is 1.27. The summed E-state index contributed by atoms with van der Waals surface area (Å²) < 4.78 is 52.7. The van der Waals surface area contributed by atoms with Gasteiger partial charge in [-0.05, 0) is 18.6 Å². The predicted molar refractivity (Wildman–Crippen MR) is 71.8 cm³/mol. The van der Waals surface area contributed by atoms with Crippen molar-refractivity contribution >= 4 is 21.6 Å². The largest absolute Gasteiger partial charge is 0.399 e. The molecule has 0 radical (unpaired) electrons. The van der Waals surface area contributed by atoms with Crippen LogP contribution in [-0.4, -0.2) is 37.8 Å². The van der Waals surface area contributed by atoms with E-state index in [1.165, 1.54) is 6.92 Å². The van der Waals surface area contributed by atoms with Crippen LogP contribution >= 0.6 is 0 Å². The van der Waals surface area contributed by atoms with Crippen LogP contribution in [0.15, 0.2) is 17.0 Å². The number of nitrogen functional groups attached to an aromatic ring is 1. The number of benzene rings is 1. The molecule has 0 saturated carbocycles. The molecule has 1 aromatic rings. The van der Waals surface area contributed by atoms with Gasteiger partial charge in [-0.15, -0.1) is 0 Å². The van der Waals surface area contributed by atoms with E-state index in [1.54, 1.807) is 0 Å². The van der Waals surface area contributed by atoms with E-state index in [9.17, 15) is 22.0 Å². The molecule has 1 unspecified atom stereocenters. The molecule has 9 heteroatoms. The average molecular weight is 319 g/mol. The predicted octanol–water partition coefficient (Wildman–Crippen LogP) is 0.446. The molecule has 1 amide bonds. The van der Waals surface area contributed by atoms with Gasteiger partial charge in [-0.1, -0.05) is 0 Å². The second-order valence-electron chi connectivity index (χ2n) is 4.86. The second-order valence-corrected chi connectivity index (χ2v) is 6.77. The first kappa shape index (κ1) is 15.6. The Morgan fingerprint density at radius 2 is 2.10 bits per heavy atom. The van der Waals surface area contributed by atoms with Crippen LogP contribution in [0.2, 0.25) is 0 Å². The highest BCUT2D eigenvalue weighted by atomic mass is 32.2. The van der Waals surface area contributed by atoms with Gasteiger partial charge in [-0.3, -0.25) is 4.79 Å². The van der Waals surface area contributed by atoms with Crippen molar-refractivity contribution in [3.63, 3.8) is 0 Å². The van der Waals surface area contributed by atoms with E-state index in [1.807, 2.05) is 0 Å². The van der Waals surface area contributed by atoms with Gasteiger partial charge in [0.2, 0.25) is 15.9 Å². The van der Waals surface area contributed by atoms with Crippen LogP contribution in [0.5, 0.6) is 0 Å². The first-order chi connectivity index (χ1) is 9.71. The number of rotatable bonds is 3. The molecule has 1 aromatic carbocycles. The van der Waals surface area contributed by atoms with Gasteiger partial charge < -0.3 is 11.1 Å². The van der Waals surface area contributed by atoms with Crippen LogP contribution in [0.1, 0.15) is 13.3 Å². The second kappa shape index (κ2) is 5.57. The van der Waals surface area contributed by atoms with Gasteiger partial charge in [0, 0.05) is 31.7 Å². The lowest BCUT2D eigenvalue weighted by atomic mass is 10.3. The number of nitrogens with two attached hydrogens (primary N) is 1. The molecule has 0 aromatic heterocycles. The molecule has 0 bridgehead atoms. The number of nitrogens with zero attached hydrogens (tertiary/aromatic N) is 1. The molecule has 1 atom stereocenters. The summed E-state index contributed by atoms with van der Waals surface area (Å²) in [6.07, 6.45) is 0.408. The molecular weight excluding hydrogens is 304 g/mol. The number of amides is 1. The Morgan fingerprint density at radius 3 is 2.71 bits per heavy atom. The van der Waals surface area contributed by atoms with Gasteiger partial charge in [0.1, 0.15) is 4.90 Å². The Hall–Kier alpha value is -1.74. The lowest BCUT2D eigenvalue weighted by Gasteiger charge is -2.17. The fraction of sp³-hybridized carbons (Fsp3) is 0.417. The van der Waals surface area contributed by atoms with Gasteiger partial charge >= 0.3 is 0 Å². The number of sulfonamides is 1. The molecule has 1 heterocycles. The van der Waals surface area contributed by atoms with Crippen molar-refractivity contribution in [2.75, 3.05) is 18.8 Å². The van der Waals surface area contributed by atoms with E-state index in [0.717, 1.165) is 16.4 Å². The number of carbonyl (C=O) groups excluding carboxylic acids is 1. The third kappa shape index (κ3) is 3.13. The topological polar surface area (TPSA) is 92.5 Å². The van der Waals surface area contributed by atoms with Crippen molar-refractivity contribution in [1.82, 2.24) is 9.62 Å². The average Bonchev–Trinajstić information content (AvgIpc) is 2.81. The Labute approximate surface area is 121 Å². The minimum atomic E-state index is -4.20. The molecule has 1 aliphatic rings. The summed E-state index contributed by atoms with van der Waals surface area (Å²) >= 11 is 0. The van der Waals surface area contributed by atoms with Gasteiger partial charge in [0.15, 0.2) is 11.6 Å². The van der Waals surface area contributed by atoms with Crippen LogP contribution in [0.4, 0.5) is 14.5 Å². The maximum atomic E-state index is 13.7. The van der Waals surface area contributed by atoms with E-state index < -0.39 is 26.6 Å². The van der Waals surface area contributed by atoms with Crippen molar-refractivity contribution in [3.8, 4) is 0 Å². The molecule has 1 fully saturated rings. The van der Waals surface area contributed by atoms with Crippen LogP contribution in [0, 0.1) is 11.6 Å². The van der Waals surface area contributed by atoms with E-state index in [-0.39, 0.29) is 30.7 Å². The normalized spacial score (nSPS) is 19.7. The minimum Gasteiger partial charge on any atom is -0.399 e. The smallest absolute Gasteiger partial charge is 0.246 e. The molecular formula is C12H15F2N3O3S. The highest BCUT2D eigenvalue weighted by molar-refractivity contribution is 7.89. The van der Waals surface area contributed by atoms with Crippen molar-refractivity contribution in [3.05, 3.63) is 23.8 Å². The van der Waals surface area contributed by atoms with E-state index in [0.29, 0.717) is 6.42 Å². The zero-order valence-electron chi connectivity index (χ0n) is 11.3. The highest BCUT2D eigenvalue weighted by Gasteiger charge is 2.35. The Bertz CT molecular complexity index is 679. The number of carbonyl (C=O) groups is 1. The standard InChI is InChI=1S/C12H15F2N3O3S/c1-7(18)16-9-2-3-17(6-9)21(19,20)11-5-8(15)4-10(13)12(11)14/h4-5,9H,2-3,6,15H2,1H3,(H,16,18). The molecule has 116 valence electrons. The first-order valence-corrected chi connectivity index (χ1v) is 7.67. The van der Waals surface area contributed by atoms with Gasteiger partial charge in [-0.25, -0.2) is 17.2 Å². The lowest BCUT2D eigenvalue weighted by molar-refractivity contribution is -0.119. The number of hydrogen-bond donors (Lipinski definition) is 2. The Kier molecular flexibility index (Phi) is 4.15. The fourth-order valence-corrected chi connectivity index (χ4v) is 3.87. The van der Waals surface area contributed by atoms with Crippen molar-refractivity contribution in [2.24, 2.45) is 0 Å². The third-order valence-electron chi connectivity index (χ3n) is 3.19. The third-order valence-corrected chi connectivity index (χ3v) is 5.06. The summed E-state index contributed by atoms with van der Waals surface area (Å²) in [5, 5.41) is 2.60. The Balaban J connectivity index is 2.30. The summed E-state index contributed by atoms with van der Waals surface area (Å²) in [5.74, 6) is -3.04. The van der Waals surface area contributed by atoms with Crippen LogP contribution in [-0.2, 0) is 14.8 Å². The number of halogens is 2. The first-order valence-electron chi connectivity index (χ1n) is 6.23. The van der Waals surface area contributed by atoms with Gasteiger partial charge in [0.05, 0.1) is 0 Å². The van der Waals surface area contributed by atoms with Gasteiger partial charge in [0.25, 0.3) is 0 Å². The van der Waals surface area contributed by atoms with E-state index >= 15 is 0 Å². The zero-order chi connectivity index (χ0) is 15.8. The molecule has 1 aliphatic heterocycles. The molecule has 1 saturated heterocycles. The number of nitrogens with one attached hydrogen (secondary N) is 1. The summed E-state index contributed by atoms with van der Waals surface area (Å²) in [6.45, 7) is 1.45. The maximum Gasteiger partial charge on any atom is 0.246 e. The van der Waals surface area contributed by atoms with Crippen LogP contribution in [0.25, 0.3) is 0 Å². The van der Waals surface area contributed by atoms with Crippen molar-refractivity contribution < 1.29 is 22.0 Å². The summed E-state index contributed by atoms with van der Waals surface area (Å²) in [7, 11) is -4.20. The summed E-state index contributed by atoms with van der Waals surface area (Å²) in [4.78, 5) is 10.2. The van der Waals surface area contributed by atoms with Crippen LogP contribution < -0.4 is 11.1 Å². The monoisotopic (exact) mass is 319 g/mol. The Morgan fingerprint density at radius 1 is 1.43 bits per heavy atom. The maximum absolute atomic E-state index is 13.7. The quantitative estimate of drug-likeness (QED) is 0.791. The molecule has 0 aliphatic carbocycles. The minimum absolute atomic E-state index is 0.0117. The highest BCUT2D eigenvalue weighted by Crippen LogP contribution is 2.26. The number of hydrogen-bond acceptors (Lipinski definition) is 4. The summed E-state index contributed by atoms with van der Waals surface area (Å²) in [5.41, 5.74) is 5.19. The molecule has 3 N–H and O–H groups in total. The van der Waals surface area contributed by atoms with Gasteiger partial charge in [-0.2, -0.15) is 4.31 Å². The number of anilines is 1. The molecule has 0 spiro atoms. The van der Waals surface area contributed by atoms with Crippen LogP contribution in [0.3, 0.4) is 0 Å². The molecule has 6 nitrogen and oxygen atoms in total. The van der Waals surface area contributed by atoms with E-state index in [4.69, 9.17) is 5.73 Å². The lowest BCUT2D eigenvalue weighted by Crippen LogP contribution is -2.37. The fourth-order valence-electron chi connectivity index (χ4n) is 2.26. The van der Waals surface area contributed by atoms with E-state index in [2.05, 4.69) is 5.32 Å².